The van der Waals surface area contributed by atoms with Gasteiger partial charge >= 0.3 is 0 Å². The van der Waals surface area contributed by atoms with E-state index >= 15 is 0 Å². The van der Waals surface area contributed by atoms with Crippen LogP contribution in [0.15, 0.2) is 78.0 Å². The number of carbonyl (C=O) groups is 1. The molecule has 0 aliphatic heterocycles. The molecule has 2 aromatic carbocycles. The Hall–Kier alpha value is -4.79. The zero-order chi connectivity index (χ0) is 25.6. The lowest BCUT2D eigenvalue weighted by atomic mass is 10.1. The molecule has 1 amide bonds. The number of fused-ring (bicyclic) bond motifs is 2. The second-order valence-corrected chi connectivity index (χ2v) is 8.61. The standard InChI is InChI=1S/C28H27N7O2/c1-18-15-19(2)33-28(32-18)35-27(30-14-12-21-16-31-23-10-4-3-9-22(21)23)34-25(36)17-37-24-11-5-7-20-8-6-13-29-26(20)24/h3-11,13,15-16,31H,12,14,17H2,1-2H3,(H2,30,32,33,34,35,36). The lowest BCUT2D eigenvalue weighted by molar-refractivity contribution is -0.121. The minimum atomic E-state index is -0.365. The lowest BCUT2D eigenvalue weighted by Gasteiger charge is -2.12. The van der Waals surface area contributed by atoms with Crippen molar-refractivity contribution in [2.24, 2.45) is 4.99 Å². The second-order valence-electron chi connectivity index (χ2n) is 8.61. The number of ether oxygens (including phenoxy) is 1. The van der Waals surface area contributed by atoms with Gasteiger partial charge in [-0.3, -0.25) is 25.4 Å². The van der Waals surface area contributed by atoms with Crippen molar-refractivity contribution in [3.8, 4) is 5.75 Å². The van der Waals surface area contributed by atoms with Crippen LogP contribution < -0.4 is 15.4 Å². The van der Waals surface area contributed by atoms with E-state index < -0.39 is 0 Å². The number of rotatable bonds is 7. The molecule has 0 spiro atoms. The number of nitrogens with zero attached hydrogens (tertiary/aromatic N) is 4. The summed E-state index contributed by atoms with van der Waals surface area (Å²) in [7, 11) is 0. The average molecular weight is 494 g/mol. The van der Waals surface area contributed by atoms with E-state index in [0.29, 0.717) is 30.2 Å². The molecule has 37 heavy (non-hydrogen) atoms. The molecule has 9 heteroatoms. The van der Waals surface area contributed by atoms with Gasteiger partial charge in [-0.1, -0.05) is 36.4 Å². The molecule has 0 saturated heterocycles. The van der Waals surface area contributed by atoms with Crippen LogP contribution in [0.1, 0.15) is 17.0 Å². The average Bonchev–Trinajstić information content (AvgIpc) is 3.30. The van der Waals surface area contributed by atoms with Crippen LogP contribution in [0.5, 0.6) is 5.75 Å². The molecule has 5 aromatic rings. The quantitative estimate of drug-likeness (QED) is 0.230. The van der Waals surface area contributed by atoms with Crippen LogP contribution >= 0.6 is 0 Å². The fraction of sp³-hybridized carbons (Fsp3) is 0.179. The van der Waals surface area contributed by atoms with Gasteiger partial charge in [-0.2, -0.15) is 0 Å². The highest BCUT2D eigenvalue weighted by atomic mass is 16.5. The van der Waals surface area contributed by atoms with E-state index in [1.807, 2.05) is 68.6 Å². The number of guanidine groups is 1. The topological polar surface area (TPSA) is 117 Å². The van der Waals surface area contributed by atoms with Crippen LogP contribution in [0.2, 0.25) is 0 Å². The number of aliphatic imine (C=N–C) groups is 1. The van der Waals surface area contributed by atoms with E-state index in [2.05, 4.69) is 41.6 Å². The third kappa shape index (κ3) is 5.90. The fourth-order valence-corrected chi connectivity index (χ4v) is 4.13. The van der Waals surface area contributed by atoms with Crippen molar-refractivity contribution in [2.75, 3.05) is 18.5 Å². The number of aromatic nitrogens is 4. The molecule has 0 aliphatic rings. The third-order valence-corrected chi connectivity index (χ3v) is 5.75. The van der Waals surface area contributed by atoms with E-state index in [0.717, 1.165) is 33.2 Å². The van der Waals surface area contributed by atoms with Crippen molar-refractivity contribution in [1.82, 2.24) is 25.3 Å². The Balaban J connectivity index is 1.30. The van der Waals surface area contributed by atoms with Gasteiger partial charge < -0.3 is 9.72 Å². The molecule has 0 aliphatic carbocycles. The Morgan fingerprint density at radius 3 is 2.70 bits per heavy atom. The molecule has 3 N–H and O–H groups in total. The summed E-state index contributed by atoms with van der Waals surface area (Å²) in [4.78, 5) is 33.9. The molecule has 9 nitrogen and oxygen atoms in total. The highest BCUT2D eigenvalue weighted by Gasteiger charge is 2.12. The van der Waals surface area contributed by atoms with Gasteiger partial charge in [0.15, 0.2) is 6.61 Å². The van der Waals surface area contributed by atoms with E-state index in [4.69, 9.17) is 4.74 Å². The van der Waals surface area contributed by atoms with E-state index in [1.165, 1.54) is 0 Å². The number of nitrogens with one attached hydrogen (secondary N) is 3. The molecule has 3 aromatic heterocycles. The highest BCUT2D eigenvalue weighted by Crippen LogP contribution is 2.22. The number of pyridine rings is 1. The number of aryl methyl sites for hydroxylation is 2. The minimum absolute atomic E-state index is 0.202. The number of hydrogen-bond donors (Lipinski definition) is 3. The number of para-hydroxylation sites is 2. The molecular weight excluding hydrogens is 466 g/mol. The predicted octanol–water partition coefficient (Wildman–Crippen LogP) is 4.33. The summed E-state index contributed by atoms with van der Waals surface area (Å²) < 4.78 is 5.79. The van der Waals surface area contributed by atoms with Gasteiger partial charge in [-0.15, -0.1) is 0 Å². The van der Waals surface area contributed by atoms with Crippen LogP contribution in [-0.4, -0.2) is 45.0 Å². The monoisotopic (exact) mass is 493 g/mol. The summed E-state index contributed by atoms with van der Waals surface area (Å²) in [5, 5.41) is 7.96. The minimum Gasteiger partial charge on any atom is -0.481 e. The van der Waals surface area contributed by atoms with Crippen LogP contribution in [0.4, 0.5) is 5.95 Å². The second kappa shape index (κ2) is 10.9. The zero-order valence-corrected chi connectivity index (χ0v) is 20.7. The Morgan fingerprint density at radius 1 is 1.03 bits per heavy atom. The van der Waals surface area contributed by atoms with Gasteiger partial charge in [0.25, 0.3) is 5.91 Å². The van der Waals surface area contributed by atoms with Gasteiger partial charge in [0.2, 0.25) is 11.9 Å². The molecule has 0 radical (unpaired) electrons. The van der Waals surface area contributed by atoms with E-state index in [-0.39, 0.29) is 18.5 Å². The molecule has 0 atom stereocenters. The number of benzene rings is 2. The third-order valence-electron chi connectivity index (χ3n) is 5.75. The van der Waals surface area contributed by atoms with E-state index in [1.54, 1.807) is 12.3 Å². The van der Waals surface area contributed by atoms with Crippen molar-refractivity contribution in [3.05, 3.63) is 90.0 Å². The SMILES string of the molecule is Cc1cc(C)nc(NC(=NCCc2c[nH]c3ccccc23)NC(=O)COc2cccc3cccnc23)n1. The summed E-state index contributed by atoms with van der Waals surface area (Å²) in [5.41, 5.74) is 4.56. The number of H-pyrrole nitrogens is 1. The number of anilines is 1. The Bertz CT molecular complexity index is 1570. The molecule has 0 bridgehead atoms. The summed E-state index contributed by atoms with van der Waals surface area (Å²) in [5.74, 6) is 0.796. The molecule has 186 valence electrons. The molecule has 5 rings (SSSR count). The normalized spacial score (nSPS) is 11.6. The first-order valence-electron chi connectivity index (χ1n) is 12.0. The molecule has 0 saturated carbocycles. The van der Waals surface area contributed by atoms with Gasteiger partial charge in [0.05, 0.1) is 0 Å². The van der Waals surface area contributed by atoms with E-state index in [9.17, 15) is 4.79 Å². The first-order chi connectivity index (χ1) is 18.0. The van der Waals surface area contributed by atoms with Gasteiger partial charge in [0.1, 0.15) is 11.3 Å². The first kappa shape index (κ1) is 23.9. The van der Waals surface area contributed by atoms with Crippen LogP contribution in [0.3, 0.4) is 0 Å². The number of hydrogen-bond acceptors (Lipinski definition) is 6. The Morgan fingerprint density at radius 2 is 1.84 bits per heavy atom. The van der Waals surface area contributed by atoms with Crippen molar-refractivity contribution in [1.29, 1.82) is 0 Å². The van der Waals surface area contributed by atoms with Crippen molar-refractivity contribution in [2.45, 2.75) is 20.3 Å². The highest BCUT2D eigenvalue weighted by molar-refractivity contribution is 6.04. The lowest BCUT2D eigenvalue weighted by Crippen LogP contribution is -2.39. The number of carbonyl (C=O) groups excluding carboxylic acids is 1. The summed E-state index contributed by atoms with van der Waals surface area (Å²) in [6.07, 6.45) is 4.38. The van der Waals surface area contributed by atoms with Gasteiger partial charge in [-0.25, -0.2) is 9.97 Å². The fourth-order valence-electron chi connectivity index (χ4n) is 4.13. The molecular formula is C28H27N7O2. The van der Waals surface area contributed by atoms with Crippen LogP contribution in [0, 0.1) is 13.8 Å². The van der Waals surface area contributed by atoms with Crippen molar-refractivity contribution < 1.29 is 9.53 Å². The van der Waals surface area contributed by atoms with Gasteiger partial charge in [-0.05, 0) is 50.1 Å². The molecule has 0 fully saturated rings. The largest absolute Gasteiger partial charge is 0.481 e. The maximum Gasteiger partial charge on any atom is 0.264 e. The summed E-state index contributed by atoms with van der Waals surface area (Å²) in [6, 6.07) is 19.4. The van der Waals surface area contributed by atoms with Crippen LogP contribution in [0.25, 0.3) is 21.8 Å². The predicted molar refractivity (Wildman–Crippen MR) is 145 cm³/mol. The van der Waals surface area contributed by atoms with Crippen LogP contribution in [-0.2, 0) is 11.2 Å². The number of aromatic amines is 1. The van der Waals surface area contributed by atoms with Gasteiger partial charge in [0, 0.05) is 46.6 Å². The number of amides is 1. The van der Waals surface area contributed by atoms with Crippen molar-refractivity contribution in [3.63, 3.8) is 0 Å². The molecule has 0 unspecified atom stereocenters. The zero-order valence-electron chi connectivity index (χ0n) is 20.7. The maximum absolute atomic E-state index is 12.8. The smallest absolute Gasteiger partial charge is 0.264 e. The van der Waals surface area contributed by atoms with Crippen molar-refractivity contribution >= 4 is 39.6 Å². The summed E-state index contributed by atoms with van der Waals surface area (Å²) >= 11 is 0. The summed E-state index contributed by atoms with van der Waals surface area (Å²) in [6.45, 7) is 4.02. The first-order valence-corrected chi connectivity index (χ1v) is 12.0. The maximum atomic E-state index is 12.8. The Labute approximate surface area is 214 Å². The Kier molecular flexibility index (Phi) is 7.02. The molecule has 3 heterocycles.